The molecule has 6 nitrogen and oxygen atoms in total. The van der Waals surface area contributed by atoms with E-state index in [1.165, 1.54) is 0 Å². The number of hydrogen-bond acceptors (Lipinski definition) is 4. The lowest BCUT2D eigenvalue weighted by atomic mass is 10.1. The molecule has 0 saturated heterocycles. The van der Waals surface area contributed by atoms with Crippen molar-refractivity contribution in [2.75, 3.05) is 0 Å². The Labute approximate surface area is 98.1 Å². The van der Waals surface area contributed by atoms with E-state index in [9.17, 15) is 4.79 Å². The van der Waals surface area contributed by atoms with Gasteiger partial charge in [-0.05, 0) is 18.6 Å². The summed E-state index contributed by atoms with van der Waals surface area (Å²) in [5.74, 6) is -0.175. The third kappa shape index (κ3) is 1.99. The van der Waals surface area contributed by atoms with Crippen LogP contribution in [0, 0.1) is 6.92 Å². The van der Waals surface area contributed by atoms with Crippen LogP contribution in [-0.2, 0) is 18.3 Å². The van der Waals surface area contributed by atoms with Gasteiger partial charge in [-0.3, -0.25) is 4.79 Å². The maximum Gasteiger partial charge on any atom is 0.320 e. The van der Waals surface area contributed by atoms with E-state index in [-0.39, 0.29) is 6.42 Å². The quantitative estimate of drug-likeness (QED) is 0.792. The minimum Gasteiger partial charge on any atom is -0.480 e. The fraction of sp³-hybridized carbons (Fsp3) is 0.364. The van der Waals surface area contributed by atoms with Gasteiger partial charge in [-0.25, -0.2) is 9.97 Å². The van der Waals surface area contributed by atoms with Crippen LogP contribution in [0.3, 0.4) is 0 Å². The van der Waals surface area contributed by atoms with Crippen molar-refractivity contribution >= 4 is 17.1 Å². The largest absolute Gasteiger partial charge is 0.480 e. The van der Waals surface area contributed by atoms with Crippen LogP contribution < -0.4 is 5.73 Å². The van der Waals surface area contributed by atoms with Gasteiger partial charge in [-0.1, -0.05) is 0 Å². The number of carboxylic acids is 1. The van der Waals surface area contributed by atoms with Gasteiger partial charge >= 0.3 is 5.97 Å². The Balaban J connectivity index is 2.48. The maximum atomic E-state index is 10.7. The molecular formula is C11H14N4O2. The fourth-order valence-corrected chi connectivity index (χ4v) is 1.73. The summed E-state index contributed by atoms with van der Waals surface area (Å²) in [5, 5.41) is 8.81. The van der Waals surface area contributed by atoms with Crippen molar-refractivity contribution in [3.05, 3.63) is 23.7 Å². The van der Waals surface area contributed by atoms with Crippen molar-refractivity contribution in [1.29, 1.82) is 0 Å². The molecule has 1 unspecified atom stereocenters. The Kier molecular flexibility index (Phi) is 2.81. The molecule has 6 heteroatoms. The van der Waals surface area contributed by atoms with Crippen molar-refractivity contribution in [2.24, 2.45) is 12.8 Å². The summed E-state index contributed by atoms with van der Waals surface area (Å²) in [6.45, 7) is 1.88. The normalized spacial score (nSPS) is 12.9. The Hall–Kier alpha value is -1.95. The van der Waals surface area contributed by atoms with Gasteiger partial charge in [0.2, 0.25) is 0 Å². The Morgan fingerprint density at radius 2 is 2.35 bits per heavy atom. The topological polar surface area (TPSA) is 94.0 Å². The molecule has 2 rings (SSSR count). The number of nitrogens with zero attached hydrogens (tertiary/aromatic N) is 3. The second-order valence-corrected chi connectivity index (χ2v) is 4.01. The van der Waals surface area contributed by atoms with E-state index >= 15 is 0 Å². The molecule has 17 heavy (non-hydrogen) atoms. The molecular weight excluding hydrogens is 220 g/mol. The summed E-state index contributed by atoms with van der Waals surface area (Å²) in [6, 6.07) is 0.848. The molecule has 0 aromatic carbocycles. The SMILES string of the molecule is Cc1nc2c(CC(N)C(=O)O)ccnc2n1C. The van der Waals surface area contributed by atoms with Gasteiger partial charge in [0, 0.05) is 19.7 Å². The van der Waals surface area contributed by atoms with Crippen LogP contribution in [0.25, 0.3) is 11.2 Å². The maximum absolute atomic E-state index is 10.7. The summed E-state index contributed by atoms with van der Waals surface area (Å²) in [6.07, 6.45) is 1.90. The number of pyridine rings is 1. The first-order chi connectivity index (χ1) is 8.00. The van der Waals surface area contributed by atoms with Gasteiger partial charge < -0.3 is 15.4 Å². The van der Waals surface area contributed by atoms with Crippen molar-refractivity contribution in [1.82, 2.24) is 14.5 Å². The molecule has 2 aromatic rings. The molecule has 0 bridgehead atoms. The summed E-state index contributed by atoms with van der Waals surface area (Å²) >= 11 is 0. The van der Waals surface area contributed by atoms with E-state index < -0.39 is 12.0 Å². The number of imidazole rings is 1. The summed E-state index contributed by atoms with van der Waals surface area (Å²) < 4.78 is 1.87. The zero-order valence-electron chi connectivity index (χ0n) is 9.71. The lowest BCUT2D eigenvalue weighted by molar-refractivity contribution is -0.138. The van der Waals surface area contributed by atoms with Gasteiger partial charge in [-0.2, -0.15) is 0 Å². The highest BCUT2D eigenvalue weighted by molar-refractivity contribution is 5.78. The average Bonchev–Trinajstić information content (AvgIpc) is 2.57. The summed E-state index contributed by atoms with van der Waals surface area (Å²) in [7, 11) is 1.87. The smallest absolute Gasteiger partial charge is 0.320 e. The zero-order chi connectivity index (χ0) is 12.6. The number of nitrogens with two attached hydrogens (primary N) is 1. The molecule has 90 valence electrons. The average molecular weight is 234 g/mol. The second kappa shape index (κ2) is 4.14. The monoisotopic (exact) mass is 234 g/mol. The first-order valence-electron chi connectivity index (χ1n) is 5.26. The van der Waals surface area contributed by atoms with Crippen molar-refractivity contribution in [3.63, 3.8) is 0 Å². The number of aromatic nitrogens is 3. The van der Waals surface area contributed by atoms with Crippen LogP contribution in [0.5, 0.6) is 0 Å². The van der Waals surface area contributed by atoms with Crippen molar-refractivity contribution in [3.8, 4) is 0 Å². The molecule has 0 spiro atoms. The number of carbonyl (C=O) groups is 1. The standard InChI is InChI=1S/C11H14N4O2/c1-6-14-9-7(5-8(12)11(16)17)3-4-13-10(9)15(6)2/h3-4,8H,5,12H2,1-2H3,(H,16,17). The summed E-state index contributed by atoms with van der Waals surface area (Å²) in [4.78, 5) is 19.3. The third-order valence-corrected chi connectivity index (χ3v) is 2.82. The van der Waals surface area contributed by atoms with Gasteiger partial charge in [0.1, 0.15) is 17.4 Å². The zero-order valence-corrected chi connectivity index (χ0v) is 9.71. The molecule has 0 aliphatic carbocycles. The minimum atomic E-state index is -1.01. The number of fused-ring (bicyclic) bond motifs is 1. The number of hydrogen-bond donors (Lipinski definition) is 2. The van der Waals surface area contributed by atoms with Crippen LogP contribution in [0.1, 0.15) is 11.4 Å². The number of aliphatic carboxylic acids is 1. The van der Waals surface area contributed by atoms with Gasteiger partial charge in [-0.15, -0.1) is 0 Å². The van der Waals surface area contributed by atoms with Gasteiger partial charge in [0.25, 0.3) is 0 Å². The molecule has 3 N–H and O–H groups in total. The van der Waals surface area contributed by atoms with E-state index in [1.807, 2.05) is 18.5 Å². The van der Waals surface area contributed by atoms with Crippen LogP contribution in [0.4, 0.5) is 0 Å². The molecule has 1 atom stereocenters. The highest BCUT2D eigenvalue weighted by Crippen LogP contribution is 2.17. The Morgan fingerprint density at radius 1 is 1.65 bits per heavy atom. The highest BCUT2D eigenvalue weighted by atomic mass is 16.4. The molecule has 0 aliphatic rings. The van der Waals surface area contributed by atoms with E-state index in [2.05, 4.69) is 9.97 Å². The fourth-order valence-electron chi connectivity index (χ4n) is 1.73. The first-order valence-corrected chi connectivity index (χ1v) is 5.26. The van der Waals surface area contributed by atoms with E-state index in [0.717, 1.165) is 22.6 Å². The van der Waals surface area contributed by atoms with E-state index in [0.29, 0.717) is 0 Å². The number of aryl methyl sites for hydroxylation is 2. The molecule has 0 fully saturated rings. The van der Waals surface area contributed by atoms with Gasteiger partial charge in [0.05, 0.1) is 0 Å². The Bertz CT molecular complexity index is 576. The van der Waals surface area contributed by atoms with Crippen molar-refractivity contribution in [2.45, 2.75) is 19.4 Å². The molecule has 0 aliphatic heterocycles. The van der Waals surface area contributed by atoms with Crippen LogP contribution in [-0.4, -0.2) is 31.7 Å². The van der Waals surface area contributed by atoms with Crippen molar-refractivity contribution < 1.29 is 9.90 Å². The Morgan fingerprint density at radius 3 is 3.00 bits per heavy atom. The predicted molar refractivity (Wildman–Crippen MR) is 62.6 cm³/mol. The third-order valence-electron chi connectivity index (χ3n) is 2.82. The lowest BCUT2D eigenvalue weighted by Gasteiger charge is -2.06. The molecule has 0 amide bonds. The van der Waals surface area contributed by atoms with Crippen LogP contribution in [0.15, 0.2) is 12.3 Å². The van der Waals surface area contributed by atoms with Crippen LogP contribution >= 0.6 is 0 Å². The van der Waals surface area contributed by atoms with E-state index in [4.69, 9.17) is 10.8 Å². The number of rotatable bonds is 3. The highest BCUT2D eigenvalue weighted by Gasteiger charge is 2.16. The minimum absolute atomic E-state index is 0.255. The van der Waals surface area contributed by atoms with E-state index in [1.54, 1.807) is 12.3 Å². The second-order valence-electron chi connectivity index (χ2n) is 4.01. The molecule has 2 heterocycles. The van der Waals surface area contributed by atoms with Crippen LogP contribution in [0.2, 0.25) is 0 Å². The molecule has 2 aromatic heterocycles. The summed E-state index contributed by atoms with van der Waals surface area (Å²) in [5.41, 5.74) is 7.82. The molecule has 0 radical (unpaired) electrons. The lowest BCUT2D eigenvalue weighted by Crippen LogP contribution is -2.32. The predicted octanol–water partition coefficient (Wildman–Crippen LogP) is 0.231. The first kappa shape index (κ1) is 11.5. The molecule has 0 saturated carbocycles. The number of carboxylic acid groups (broad SMARTS) is 1. The van der Waals surface area contributed by atoms with Gasteiger partial charge in [0.15, 0.2) is 5.65 Å².